The van der Waals surface area contributed by atoms with E-state index in [4.69, 9.17) is 16.0 Å². The van der Waals surface area contributed by atoms with Gasteiger partial charge in [-0.3, -0.25) is 9.10 Å². The SMILES string of the molecule is Cc1ccc(N(CC(=O)N/N=C\c2cc(Br)c(C)o2)S(=O)(=O)c2ccc(Cl)cc2)cc1C. The van der Waals surface area contributed by atoms with E-state index in [1.165, 1.54) is 30.5 Å². The largest absolute Gasteiger partial charge is 0.459 e. The molecule has 0 fully saturated rings. The summed E-state index contributed by atoms with van der Waals surface area (Å²) in [5, 5.41) is 4.27. The van der Waals surface area contributed by atoms with Gasteiger partial charge in [-0.25, -0.2) is 13.8 Å². The number of hydrogen-bond donors (Lipinski definition) is 1. The maximum Gasteiger partial charge on any atom is 0.264 e. The molecule has 1 amide bonds. The molecule has 0 radical (unpaired) electrons. The van der Waals surface area contributed by atoms with Gasteiger partial charge in [-0.2, -0.15) is 5.10 Å². The van der Waals surface area contributed by atoms with Gasteiger partial charge in [-0.15, -0.1) is 0 Å². The van der Waals surface area contributed by atoms with E-state index in [2.05, 4.69) is 26.5 Å². The Balaban J connectivity index is 1.87. The molecule has 0 spiro atoms. The molecule has 10 heteroatoms. The molecule has 3 rings (SSSR count). The van der Waals surface area contributed by atoms with Crippen LogP contribution in [0.3, 0.4) is 0 Å². The van der Waals surface area contributed by atoms with E-state index in [0.717, 1.165) is 19.9 Å². The molecule has 0 unspecified atom stereocenters. The topological polar surface area (TPSA) is 92.0 Å². The molecule has 1 heterocycles. The number of carbonyl (C=O) groups is 1. The average Bonchev–Trinajstić information content (AvgIpc) is 3.06. The van der Waals surface area contributed by atoms with Crippen LogP contribution in [0.15, 0.2) is 67.4 Å². The number of carbonyl (C=O) groups excluding carboxylic acids is 1. The molecular weight excluding hydrogens is 518 g/mol. The van der Waals surface area contributed by atoms with Crippen molar-refractivity contribution in [1.29, 1.82) is 0 Å². The third kappa shape index (κ3) is 5.59. The van der Waals surface area contributed by atoms with E-state index in [9.17, 15) is 13.2 Å². The second kappa shape index (κ2) is 9.89. The monoisotopic (exact) mass is 537 g/mol. The molecule has 32 heavy (non-hydrogen) atoms. The standard InChI is InChI=1S/C22H21BrClN3O4S/c1-14-4-7-18(10-15(14)2)27(32(29,30)20-8-5-17(24)6-9-20)13-22(28)26-25-12-19-11-21(23)16(3)31-19/h4-12H,13H2,1-3H3,(H,26,28)/b25-12-. The first-order valence-corrected chi connectivity index (χ1v) is 12.1. The van der Waals surface area contributed by atoms with Crippen molar-refractivity contribution in [3.8, 4) is 0 Å². The van der Waals surface area contributed by atoms with Crippen molar-refractivity contribution >= 4 is 55.4 Å². The van der Waals surface area contributed by atoms with Crippen molar-refractivity contribution in [2.24, 2.45) is 5.10 Å². The Morgan fingerprint density at radius 3 is 2.41 bits per heavy atom. The minimum Gasteiger partial charge on any atom is -0.459 e. The van der Waals surface area contributed by atoms with E-state index >= 15 is 0 Å². The highest BCUT2D eigenvalue weighted by atomic mass is 79.9. The first-order valence-electron chi connectivity index (χ1n) is 9.51. The number of benzene rings is 2. The third-order valence-corrected chi connectivity index (χ3v) is 7.55. The molecule has 0 aliphatic heterocycles. The summed E-state index contributed by atoms with van der Waals surface area (Å²) in [4.78, 5) is 12.6. The Labute approximate surface area is 200 Å². The summed E-state index contributed by atoms with van der Waals surface area (Å²) < 4.78 is 34.0. The Morgan fingerprint density at radius 1 is 1.12 bits per heavy atom. The van der Waals surface area contributed by atoms with Gasteiger partial charge in [-0.1, -0.05) is 17.7 Å². The van der Waals surface area contributed by atoms with Gasteiger partial charge in [0.2, 0.25) is 0 Å². The first-order chi connectivity index (χ1) is 15.1. The number of hydrogen-bond acceptors (Lipinski definition) is 5. The van der Waals surface area contributed by atoms with Crippen molar-refractivity contribution in [2.75, 3.05) is 10.8 Å². The number of rotatable bonds is 7. The fourth-order valence-corrected chi connectivity index (χ4v) is 4.65. The van der Waals surface area contributed by atoms with Crippen molar-refractivity contribution in [2.45, 2.75) is 25.7 Å². The van der Waals surface area contributed by atoms with Crippen LogP contribution in [0.4, 0.5) is 5.69 Å². The molecule has 0 saturated heterocycles. The molecule has 1 N–H and O–H groups in total. The van der Waals surface area contributed by atoms with Crippen molar-refractivity contribution < 1.29 is 17.6 Å². The second-order valence-electron chi connectivity index (χ2n) is 7.08. The van der Waals surface area contributed by atoms with Crippen LogP contribution in [0, 0.1) is 20.8 Å². The van der Waals surface area contributed by atoms with Crippen LogP contribution in [0.2, 0.25) is 5.02 Å². The molecule has 1 aromatic heterocycles. The molecule has 0 atom stereocenters. The molecule has 0 aliphatic rings. The van der Waals surface area contributed by atoms with Gasteiger partial charge >= 0.3 is 0 Å². The zero-order valence-corrected chi connectivity index (χ0v) is 20.8. The minimum atomic E-state index is -4.04. The Kier molecular flexibility index (Phi) is 7.43. The van der Waals surface area contributed by atoms with Crippen LogP contribution in [-0.2, 0) is 14.8 Å². The lowest BCUT2D eigenvalue weighted by Gasteiger charge is -2.24. The Hall–Kier alpha value is -2.62. The summed E-state index contributed by atoms with van der Waals surface area (Å²) in [6, 6.07) is 12.7. The van der Waals surface area contributed by atoms with Crippen LogP contribution in [0.1, 0.15) is 22.6 Å². The number of amides is 1. The number of furan rings is 1. The van der Waals surface area contributed by atoms with Crippen molar-refractivity contribution in [3.63, 3.8) is 0 Å². The smallest absolute Gasteiger partial charge is 0.264 e. The highest BCUT2D eigenvalue weighted by Gasteiger charge is 2.27. The van der Waals surface area contributed by atoms with E-state index in [-0.39, 0.29) is 4.90 Å². The third-order valence-electron chi connectivity index (χ3n) is 4.72. The van der Waals surface area contributed by atoms with Gasteiger partial charge in [0, 0.05) is 11.1 Å². The van der Waals surface area contributed by atoms with E-state index in [0.29, 0.717) is 22.2 Å². The van der Waals surface area contributed by atoms with Gasteiger partial charge in [0.05, 0.1) is 21.3 Å². The molecule has 0 saturated carbocycles. The lowest BCUT2D eigenvalue weighted by atomic mass is 10.1. The quantitative estimate of drug-likeness (QED) is 0.340. The maximum absolute atomic E-state index is 13.4. The van der Waals surface area contributed by atoms with Gasteiger partial charge in [0.15, 0.2) is 0 Å². The number of aryl methyl sites for hydroxylation is 3. The number of hydrazone groups is 1. The number of sulfonamides is 1. The molecular formula is C22H21BrClN3O4S. The summed E-state index contributed by atoms with van der Waals surface area (Å²) in [5.41, 5.74) is 4.62. The number of nitrogens with one attached hydrogen (secondary N) is 1. The van der Waals surface area contributed by atoms with Gasteiger partial charge in [-0.05, 0) is 84.2 Å². The molecule has 168 valence electrons. The van der Waals surface area contributed by atoms with Crippen LogP contribution >= 0.6 is 27.5 Å². The predicted molar refractivity (Wildman–Crippen MR) is 129 cm³/mol. The van der Waals surface area contributed by atoms with Gasteiger partial charge in [0.25, 0.3) is 15.9 Å². The summed E-state index contributed by atoms with van der Waals surface area (Å²) in [7, 11) is -4.04. The predicted octanol–water partition coefficient (Wildman–Crippen LogP) is 4.97. The number of nitrogens with zero attached hydrogens (tertiary/aromatic N) is 2. The Bertz CT molecular complexity index is 1250. The van der Waals surface area contributed by atoms with Crippen LogP contribution in [-0.4, -0.2) is 27.1 Å². The zero-order chi connectivity index (χ0) is 23.5. The van der Waals surface area contributed by atoms with Crippen LogP contribution in [0.25, 0.3) is 0 Å². The van der Waals surface area contributed by atoms with Crippen molar-refractivity contribution in [1.82, 2.24) is 5.43 Å². The summed E-state index contributed by atoms with van der Waals surface area (Å²) >= 11 is 9.23. The van der Waals surface area contributed by atoms with E-state index < -0.39 is 22.5 Å². The summed E-state index contributed by atoms with van der Waals surface area (Å²) in [6.45, 7) is 5.11. The summed E-state index contributed by atoms with van der Waals surface area (Å²) in [5.74, 6) is 0.501. The minimum absolute atomic E-state index is 0.0207. The fourth-order valence-electron chi connectivity index (χ4n) is 2.81. The van der Waals surface area contributed by atoms with E-state index in [1.54, 1.807) is 25.1 Å². The molecule has 0 aliphatic carbocycles. The Morgan fingerprint density at radius 2 is 1.81 bits per heavy atom. The highest BCUT2D eigenvalue weighted by molar-refractivity contribution is 9.10. The van der Waals surface area contributed by atoms with Crippen molar-refractivity contribution in [3.05, 3.63) is 80.7 Å². The summed E-state index contributed by atoms with van der Waals surface area (Å²) in [6.07, 6.45) is 1.34. The van der Waals surface area contributed by atoms with Crippen LogP contribution < -0.4 is 9.73 Å². The van der Waals surface area contributed by atoms with Gasteiger partial charge in [0.1, 0.15) is 18.1 Å². The molecule has 7 nitrogen and oxygen atoms in total. The molecule has 3 aromatic rings. The van der Waals surface area contributed by atoms with Crippen LogP contribution in [0.5, 0.6) is 0 Å². The maximum atomic E-state index is 13.4. The van der Waals surface area contributed by atoms with E-state index in [1.807, 2.05) is 19.9 Å². The number of halogens is 2. The molecule has 0 bridgehead atoms. The molecule has 2 aromatic carbocycles. The lowest BCUT2D eigenvalue weighted by Crippen LogP contribution is -2.39. The average molecular weight is 539 g/mol. The normalized spacial score (nSPS) is 11.7. The second-order valence-corrected chi connectivity index (χ2v) is 10.2. The lowest BCUT2D eigenvalue weighted by molar-refractivity contribution is -0.119. The highest BCUT2D eigenvalue weighted by Crippen LogP contribution is 2.26. The first kappa shape index (κ1) is 24.0. The zero-order valence-electron chi connectivity index (χ0n) is 17.6. The number of anilines is 1. The van der Waals surface area contributed by atoms with Gasteiger partial charge < -0.3 is 4.42 Å². The fraction of sp³-hybridized carbons (Fsp3) is 0.182.